The molecule has 0 aliphatic carbocycles. The summed E-state index contributed by atoms with van der Waals surface area (Å²) in [6.07, 6.45) is -4.37. The Kier molecular flexibility index (Phi) is 6.34. The Morgan fingerprint density at radius 3 is 2.06 bits per heavy atom. The number of carbonyl (C=O) groups excluding carboxylic acids is 2. The number of rotatable bonds is 5. The molecule has 0 spiro atoms. The van der Waals surface area contributed by atoms with Crippen LogP contribution in [0.1, 0.15) is 38.3 Å². The van der Waals surface area contributed by atoms with Crippen LogP contribution in [0.5, 0.6) is 0 Å². The molecule has 1 saturated heterocycles. The van der Waals surface area contributed by atoms with Gasteiger partial charge in [0.2, 0.25) is 0 Å². The molecule has 1 aliphatic heterocycles. The predicted molar refractivity (Wildman–Crippen MR) is 114 cm³/mol. The van der Waals surface area contributed by atoms with Gasteiger partial charge in [-0.05, 0) is 44.2 Å². The van der Waals surface area contributed by atoms with E-state index in [1.807, 2.05) is 19.9 Å². The standard InChI is InChI=1S/C24H24N2O6/c1-15-13-16(2)26(25-15)22-20(27)21(32-24(29)18-11-7-4-8-12-18)19(14-30-22)31-23(28)17-9-5-3-6-10-17/h3-13,19-22,27H,14H2,1-2H3/t19-,20-,21+,22-/m1/s1. The van der Waals surface area contributed by atoms with Gasteiger partial charge in [-0.1, -0.05) is 36.4 Å². The fourth-order valence-electron chi connectivity index (χ4n) is 3.68. The van der Waals surface area contributed by atoms with Gasteiger partial charge in [-0.3, -0.25) is 0 Å². The van der Waals surface area contributed by atoms with Crippen LogP contribution in [-0.4, -0.2) is 51.7 Å². The first-order valence-corrected chi connectivity index (χ1v) is 10.3. The van der Waals surface area contributed by atoms with E-state index in [1.165, 1.54) is 0 Å². The van der Waals surface area contributed by atoms with Gasteiger partial charge in [0.25, 0.3) is 0 Å². The topological polar surface area (TPSA) is 99.9 Å². The number of nitrogens with zero attached hydrogens (tertiary/aromatic N) is 2. The lowest BCUT2D eigenvalue weighted by Crippen LogP contribution is -2.54. The summed E-state index contributed by atoms with van der Waals surface area (Å²) in [7, 11) is 0. The van der Waals surface area contributed by atoms with Gasteiger partial charge in [0, 0.05) is 5.69 Å². The zero-order valence-electron chi connectivity index (χ0n) is 17.8. The van der Waals surface area contributed by atoms with Crippen LogP contribution in [-0.2, 0) is 14.2 Å². The number of hydrogen-bond acceptors (Lipinski definition) is 7. The number of benzene rings is 2. The lowest BCUT2D eigenvalue weighted by molar-refractivity contribution is -0.214. The molecule has 2 heterocycles. The van der Waals surface area contributed by atoms with Crippen LogP contribution in [0.2, 0.25) is 0 Å². The van der Waals surface area contributed by atoms with Gasteiger partial charge in [0.15, 0.2) is 18.4 Å². The molecule has 0 unspecified atom stereocenters. The molecule has 32 heavy (non-hydrogen) atoms. The van der Waals surface area contributed by atoms with Crippen molar-refractivity contribution in [2.75, 3.05) is 6.61 Å². The van der Waals surface area contributed by atoms with Crippen LogP contribution in [0.4, 0.5) is 0 Å². The van der Waals surface area contributed by atoms with Crippen molar-refractivity contribution in [3.63, 3.8) is 0 Å². The van der Waals surface area contributed by atoms with E-state index in [9.17, 15) is 14.7 Å². The quantitative estimate of drug-likeness (QED) is 0.614. The van der Waals surface area contributed by atoms with Gasteiger partial charge >= 0.3 is 11.9 Å². The molecule has 1 N–H and O–H groups in total. The number of aromatic nitrogens is 2. The van der Waals surface area contributed by atoms with Gasteiger partial charge in [-0.2, -0.15) is 5.10 Å². The van der Waals surface area contributed by atoms with E-state index >= 15 is 0 Å². The van der Waals surface area contributed by atoms with Gasteiger partial charge < -0.3 is 19.3 Å². The average Bonchev–Trinajstić information content (AvgIpc) is 3.14. The Hall–Kier alpha value is -3.49. The second-order valence-electron chi connectivity index (χ2n) is 7.63. The van der Waals surface area contributed by atoms with E-state index in [0.29, 0.717) is 11.1 Å². The largest absolute Gasteiger partial charge is 0.452 e. The Bertz CT molecular complexity index is 1080. The molecule has 1 aliphatic rings. The highest BCUT2D eigenvalue weighted by Crippen LogP contribution is 2.29. The number of aryl methyl sites for hydroxylation is 2. The molecule has 1 aromatic heterocycles. The summed E-state index contributed by atoms with van der Waals surface area (Å²) in [6, 6.07) is 18.7. The third-order valence-corrected chi connectivity index (χ3v) is 5.23. The molecule has 3 aromatic rings. The molecule has 0 bridgehead atoms. The fraction of sp³-hybridized carbons (Fsp3) is 0.292. The van der Waals surface area contributed by atoms with Crippen molar-refractivity contribution in [1.82, 2.24) is 9.78 Å². The van der Waals surface area contributed by atoms with E-state index in [0.717, 1.165) is 11.4 Å². The Balaban J connectivity index is 1.59. The second-order valence-corrected chi connectivity index (χ2v) is 7.63. The van der Waals surface area contributed by atoms with Crippen molar-refractivity contribution in [1.29, 1.82) is 0 Å². The zero-order chi connectivity index (χ0) is 22.7. The summed E-state index contributed by atoms with van der Waals surface area (Å²) in [6.45, 7) is 3.59. The first-order chi connectivity index (χ1) is 15.4. The Morgan fingerprint density at radius 1 is 0.969 bits per heavy atom. The fourth-order valence-corrected chi connectivity index (χ4v) is 3.68. The molecule has 166 valence electrons. The minimum atomic E-state index is -1.32. The maximum absolute atomic E-state index is 12.7. The molecular weight excluding hydrogens is 412 g/mol. The molecule has 2 aromatic carbocycles. The highest BCUT2D eigenvalue weighted by Gasteiger charge is 2.46. The molecule has 8 heteroatoms. The van der Waals surface area contributed by atoms with Crippen molar-refractivity contribution >= 4 is 11.9 Å². The van der Waals surface area contributed by atoms with Crippen molar-refractivity contribution < 1.29 is 28.9 Å². The van der Waals surface area contributed by atoms with E-state index < -0.39 is 36.5 Å². The average molecular weight is 436 g/mol. The first kappa shape index (κ1) is 21.7. The van der Waals surface area contributed by atoms with Crippen LogP contribution in [0, 0.1) is 13.8 Å². The number of carbonyl (C=O) groups is 2. The van der Waals surface area contributed by atoms with Crippen LogP contribution in [0.25, 0.3) is 0 Å². The molecule has 8 nitrogen and oxygen atoms in total. The van der Waals surface area contributed by atoms with Crippen molar-refractivity contribution in [2.24, 2.45) is 0 Å². The van der Waals surface area contributed by atoms with Crippen LogP contribution < -0.4 is 0 Å². The number of ether oxygens (including phenoxy) is 3. The summed E-state index contributed by atoms with van der Waals surface area (Å²) in [4.78, 5) is 25.3. The van der Waals surface area contributed by atoms with Gasteiger partial charge in [0.05, 0.1) is 23.4 Å². The summed E-state index contributed by atoms with van der Waals surface area (Å²) in [5.74, 6) is -1.24. The SMILES string of the molecule is Cc1cc(C)n([C@@H]2OC[C@@H](OC(=O)c3ccccc3)[C@H](OC(=O)c3ccccc3)[C@H]2O)n1. The van der Waals surface area contributed by atoms with E-state index in [2.05, 4.69) is 5.10 Å². The van der Waals surface area contributed by atoms with Crippen molar-refractivity contribution in [3.05, 3.63) is 89.2 Å². The van der Waals surface area contributed by atoms with Gasteiger partial charge in [-0.25, -0.2) is 14.3 Å². The van der Waals surface area contributed by atoms with Crippen LogP contribution in [0.3, 0.4) is 0 Å². The van der Waals surface area contributed by atoms with Crippen molar-refractivity contribution in [2.45, 2.75) is 38.4 Å². The molecule has 4 rings (SSSR count). The normalized spacial score (nSPS) is 22.8. The highest BCUT2D eigenvalue weighted by atomic mass is 16.6. The number of aliphatic hydroxyl groups is 1. The first-order valence-electron chi connectivity index (χ1n) is 10.3. The smallest absolute Gasteiger partial charge is 0.338 e. The third-order valence-electron chi connectivity index (χ3n) is 5.23. The summed E-state index contributed by atoms with van der Waals surface area (Å²) in [5.41, 5.74) is 2.20. The maximum Gasteiger partial charge on any atom is 0.338 e. The van der Waals surface area contributed by atoms with E-state index in [1.54, 1.807) is 65.3 Å². The second kappa shape index (κ2) is 9.33. The molecule has 4 atom stereocenters. The maximum atomic E-state index is 12.7. The van der Waals surface area contributed by atoms with Crippen LogP contribution >= 0.6 is 0 Å². The lowest BCUT2D eigenvalue weighted by atomic mass is 10.0. The molecular formula is C24H24N2O6. The number of esters is 2. The Labute approximate surface area is 185 Å². The lowest BCUT2D eigenvalue weighted by Gasteiger charge is -2.39. The van der Waals surface area contributed by atoms with Gasteiger partial charge in [-0.15, -0.1) is 0 Å². The summed E-state index contributed by atoms with van der Waals surface area (Å²) < 4.78 is 18.6. The van der Waals surface area contributed by atoms with Gasteiger partial charge in [0.1, 0.15) is 6.10 Å². The van der Waals surface area contributed by atoms with Crippen molar-refractivity contribution in [3.8, 4) is 0 Å². The molecule has 1 fully saturated rings. The minimum absolute atomic E-state index is 0.0780. The Morgan fingerprint density at radius 2 is 1.53 bits per heavy atom. The van der Waals surface area contributed by atoms with Crippen LogP contribution in [0.15, 0.2) is 66.7 Å². The molecule has 0 radical (unpaired) electrons. The third kappa shape index (κ3) is 4.56. The zero-order valence-corrected chi connectivity index (χ0v) is 17.8. The van der Waals surface area contributed by atoms with E-state index in [-0.39, 0.29) is 6.61 Å². The number of hydrogen-bond donors (Lipinski definition) is 1. The number of aliphatic hydroxyl groups excluding tert-OH is 1. The highest BCUT2D eigenvalue weighted by molar-refractivity contribution is 5.90. The molecule has 0 saturated carbocycles. The minimum Gasteiger partial charge on any atom is -0.452 e. The molecule has 0 amide bonds. The monoisotopic (exact) mass is 436 g/mol. The summed E-state index contributed by atoms with van der Waals surface area (Å²) in [5, 5.41) is 15.5. The summed E-state index contributed by atoms with van der Waals surface area (Å²) >= 11 is 0. The predicted octanol–water partition coefficient (Wildman–Crippen LogP) is 2.84. The van der Waals surface area contributed by atoms with E-state index in [4.69, 9.17) is 14.2 Å².